The molecule has 1 aliphatic heterocycles. The molecule has 1 fully saturated rings. The third-order valence-electron chi connectivity index (χ3n) is 5.38. The van der Waals surface area contributed by atoms with Crippen molar-refractivity contribution >= 4 is 62.7 Å². The Hall–Kier alpha value is -2.47. The van der Waals surface area contributed by atoms with Crippen molar-refractivity contribution in [3.05, 3.63) is 55.1 Å². The molecule has 1 aromatic heterocycles. The van der Waals surface area contributed by atoms with Crippen molar-refractivity contribution in [1.82, 2.24) is 0 Å². The molecule has 0 N–H and O–H groups in total. The second-order valence-electron chi connectivity index (χ2n) is 8.35. The van der Waals surface area contributed by atoms with Crippen LogP contribution in [0.4, 0.5) is 0 Å². The molecule has 5 atom stereocenters. The van der Waals surface area contributed by atoms with Crippen LogP contribution in [0.25, 0.3) is 0 Å². The molecule has 0 amide bonds. The van der Waals surface area contributed by atoms with Gasteiger partial charge in [0.25, 0.3) is 0 Å². The lowest BCUT2D eigenvalue weighted by Crippen LogP contribution is -2.59. The standard InChI is InChI=1S/C25H26BrClO9S/c1-12(28)32-11-20-23(33-13(2)29)25(35-15(4)31)24(34-14(3)30)22(36-20)16-5-7-19(27)17(9-16)10-18-6-8-21(26)37-18/h5-9,20,22-25H,10-11H2,1-4H3/t20?,22?,23-,24+,25?/m1/s1. The number of rotatable bonds is 8. The topological polar surface area (TPSA) is 114 Å². The van der Waals surface area contributed by atoms with Gasteiger partial charge >= 0.3 is 23.9 Å². The summed E-state index contributed by atoms with van der Waals surface area (Å²) >= 11 is 11.5. The molecular weight excluding hydrogens is 592 g/mol. The molecule has 0 aliphatic carbocycles. The fourth-order valence-electron chi connectivity index (χ4n) is 4.04. The molecule has 2 aromatic rings. The minimum absolute atomic E-state index is 0.294. The van der Waals surface area contributed by atoms with Crippen LogP contribution in [0, 0.1) is 0 Å². The van der Waals surface area contributed by atoms with E-state index in [0.29, 0.717) is 17.0 Å². The summed E-state index contributed by atoms with van der Waals surface area (Å²) in [5, 5.41) is 0.527. The zero-order valence-electron chi connectivity index (χ0n) is 20.5. The molecule has 200 valence electrons. The fourth-order valence-corrected chi connectivity index (χ4v) is 5.73. The van der Waals surface area contributed by atoms with E-state index in [4.69, 9.17) is 35.3 Å². The number of ether oxygens (including phenoxy) is 5. The summed E-state index contributed by atoms with van der Waals surface area (Å²) in [6, 6.07) is 9.14. The van der Waals surface area contributed by atoms with Gasteiger partial charge in [0.2, 0.25) is 0 Å². The summed E-state index contributed by atoms with van der Waals surface area (Å²) in [6.45, 7) is 4.49. The highest BCUT2D eigenvalue weighted by atomic mass is 79.9. The molecule has 0 radical (unpaired) electrons. The molecule has 12 heteroatoms. The number of hydrogen-bond donors (Lipinski definition) is 0. The van der Waals surface area contributed by atoms with E-state index in [9.17, 15) is 19.2 Å². The van der Waals surface area contributed by atoms with Crippen LogP contribution in [0.5, 0.6) is 0 Å². The van der Waals surface area contributed by atoms with Gasteiger partial charge < -0.3 is 23.7 Å². The summed E-state index contributed by atoms with van der Waals surface area (Å²) in [4.78, 5) is 48.6. The van der Waals surface area contributed by atoms with Gasteiger partial charge in [-0.05, 0) is 45.3 Å². The Morgan fingerprint density at radius 2 is 1.51 bits per heavy atom. The number of benzene rings is 1. The van der Waals surface area contributed by atoms with Crippen molar-refractivity contribution in [1.29, 1.82) is 0 Å². The van der Waals surface area contributed by atoms with E-state index in [1.165, 1.54) is 27.7 Å². The van der Waals surface area contributed by atoms with Gasteiger partial charge in [-0.3, -0.25) is 19.2 Å². The first-order chi connectivity index (χ1) is 17.4. The molecule has 3 rings (SSSR count). The first-order valence-corrected chi connectivity index (χ1v) is 13.3. The summed E-state index contributed by atoms with van der Waals surface area (Å²) < 4.78 is 28.9. The van der Waals surface area contributed by atoms with Gasteiger partial charge in [0, 0.05) is 44.0 Å². The van der Waals surface area contributed by atoms with Crippen molar-refractivity contribution in [2.24, 2.45) is 0 Å². The van der Waals surface area contributed by atoms with Gasteiger partial charge in [0.05, 0.1) is 3.79 Å². The van der Waals surface area contributed by atoms with Gasteiger partial charge in [-0.1, -0.05) is 23.7 Å². The van der Waals surface area contributed by atoms with Crippen molar-refractivity contribution in [2.75, 3.05) is 6.61 Å². The van der Waals surface area contributed by atoms with Gasteiger partial charge in [-0.2, -0.15) is 0 Å². The van der Waals surface area contributed by atoms with Crippen molar-refractivity contribution in [2.45, 2.75) is 64.6 Å². The number of thiophene rings is 1. The summed E-state index contributed by atoms with van der Waals surface area (Å²) in [7, 11) is 0. The van der Waals surface area contributed by atoms with Crippen molar-refractivity contribution in [3.8, 4) is 0 Å². The Kier molecular flexibility index (Phi) is 10.1. The molecule has 37 heavy (non-hydrogen) atoms. The lowest BCUT2D eigenvalue weighted by molar-refractivity contribution is -0.254. The van der Waals surface area contributed by atoms with Crippen molar-refractivity contribution < 1.29 is 42.9 Å². The maximum absolute atomic E-state index is 12.1. The first-order valence-electron chi connectivity index (χ1n) is 11.3. The number of carbonyl (C=O) groups excluding carboxylic acids is 4. The second kappa shape index (κ2) is 12.9. The normalized spacial score (nSPS) is 23.1. The SMILES string of the molecule is CC(=O)OCC1OC(c2ccc(Cl)c(Cc3ccc(Br)s3)c2)[C@H](OC(C)=O)C(OC(C)=O)[C@@H]1OC(C)=O. The predicted octanol–water partition coefficient (Wildman–Crippen LogP) is 4.55. The van der Waals surface area contributed by atoms with Crippen molar-refractivity contribution in [3.63, 3.8) is 0 Å². The average molecular weight is 618 g/mol. The second-order valence-corrected chi connectivity index (χ2v) is 11.3. The maximum atomic E-state index is 12.1. The Morgan fingerprint density at radius 3 is 2.08 bits per heavy atom. The molecule has 0 saturated carbocycles. The van der Waals surface area contributed by atoms with Gasteiger partial charge in [-0.15, -0.1) is 11.3 Å². The van der Waals surface area contributed by atoms with E-state index in [0.717, 1.165) is 14.2 Å². The third kappa shape index (κ3) is 8.00. The minimum Gasteiger partial charge on any atom is -0.463 e. The molecule has 3 unspecified atom stereocenters. The van der Waals surface area contributed by atoms with E-state index in [1.54, 1.807) is 23.5 Å². The van der Waals surface area contributed by atoms with Gasteiger partial charge in [0.15, 0.2) is 18.3 Å². The van der Waals surface area contributed by atoms with Crippen LogP contribution in [0.15, 0.2) is 34.1 Å². The zero-order valence-corrected chi connectivity index (χ0v) is 23.7. The van der Waals surface area contributed by atoms with E-state index < -0.39 is 54.4 Å². The van der Waals surface area contributed by atoms with Crippen LogP contribution in [0.3, 0.4) is 0 Å². The highest BCUT2D eigenvalue weighted by Gasteiger charge is 2.52. The molecule has 1 aromatic carbocycles. The summed E-state index contributed by atoms with van der Waals surface area (Å²) in [5.74, 6) is -2.61. The molecule has 0 bridgehead atoms. The summed E-state index contributed by atoms with van der Waals surface area (Å²) in [5.41, 5.74) is 1.37. The molecule has 1 aliphatic rings. The Morgan fingerprint density at radius 1 is 0.892 bits per heavy atom. The number of esters is 4. The Balaban J connectivity index is 2.06. The zero-order chi connectivity index (χ0) is 27.3. The highest BCUT2D eigenvalue weighted by molar-refractivity contribution is 9.11. The van der Waals surface area contributed by atoms with Gasteiger partial charge in [0.1, 0.15) is 18.8 Å². The first kappa shape index (κ1) is 29.1. The quantitative estimate of drug-likeness (QED) is 0.311. The largest absolute Gasteiger partial charge is 0.463 e. The van der Waals surface area contributed by atoms with Crippen LogP contribution in [-0.4, -0.2) is 54.9 Å². The van der Waals surface area contributed by atoms with E-state index in [1.807, 2.05) is 18.2 Å². The van der Waals surface area contributed by atoms with Crippen LogP contribution in [-0.2, 0) is 49.3 Å². The van der Waals surface area contributed by atoms with Gasteiger partial charge in [-0.25, -0.2) is 0 Å². The average Bonchev–Trinajstić information content (AvgIpc) is 3.20. The maximum Gasteiger partial charge on any atom is 0.303 e. The summed E-state index contributed by atoms with van der Waals surface area (Å²) in [6.07, 6.45) is -5.08. The predicted molar refractivity (Wildman–Crippen MR) is 137 cm³/mol. The number of hydrogen-bond acceptors (Lipinski definition) is 10. The lowest BCUT2D eigenvalue weighted by Gasteiger charge is -2.44. The lowest BCUT2D eigenvalue weighted by atomic mass is 9.89. The molecule has 1 saturated heterocycles. The monoisotopic (exact) mass is 616 g/mol. The molecular formula is C25H26BrClO9S. The Labute approximate surface area is 231 Å². The molecule has 9 nitrogen and oxygen atoms in total. The fraction of sp³-hybridized carbons (Fsp3) is 0.440. The highest BCUT2D eigenvalue weighted by Crippen LogP contribution is 2.39. The molecule has 0 spiro atoms. The number of halogens is 2. The molecule has 2 heterocycles. The van der Waals surface area contributed by atoms with Crippen LogP contribution in [0.1, 0.15) is 49.8 Å². The third-order valence-corrected chi connectivity index (χ3v) is 7.38. The van der Waals surface area contributed by atoms with E-state index in [2.05, 4.69) is 15.9 Å². The number of carbonyl (C=O) groups is 4. The van der Waals surface area contributed by atoms with Crippen LogP contribution >= 0.6 is 38.9 Å². The minimum atomic E-state index is -1.24. The van der Waals surface area contributed by atoms with Crippen LogP contribution in [0.2, 0.25) is 5.02 Å². The van der Waals surface area contributed by atoms with E-state index >= 15 is 0 Å². The Bertz CT molecular complexity index is 1170. The van der Waals surface area contributed by atoms with E-state index in [-0.39, 0.29) is 6.61 Å². The smallest absolute Gasteiger partial charge is 0.303 e. The van der Waals surface area contributed by atoms with Crippen LogP contribution < -0.4 is 0 Å².